The Balaban J connectivity index is 1.75. The van der Waals surface area contributed by atoms with Crippen molar-refractivity contribution in [3.05, 3.63) is 24.3 Å². The Labute approximate surface area is 116 Å². The molecule has 1 saturated heterocycles. The third-order valence-electron chi connectivity index (χ3n) is 3.67. The molecule has 2 rings (SSSR count). The van der Waals surface area contributed by atoms with Crippen LogP contribution in [0.4, 0.5) is 11.4 Å². The lowest BCUT2D eigenvalue weighted by Gasteiger charge is -2.18. The zero-order valence-electron chi connectivity index (χ0n) is 11.6. The topological polar surface area (TPSA) is 67.3 Å². The highest BCUT2D eigenvalue weighted by atomic mass is 15.2. The predicted octanol–water partition coefficient (Wildman–Crippen LogP) is 1.76. The normalized spacial score (nSPS) is 18.8. The average molecular weight is 262 g/mol. The van der Waals surface area contributed by atoms with E-state index in [1.165, 1.54) is 24.2 Å². The summed E-state index contributed by atoms with van der Waals surface area (Å²) in [4.78, 5) is 2.36. The van der Waals surface area contributed by atoms with Gasteiger partial charge in [-0.05, 0) is 50.1 Å². The number of unbranched alkanes of at least 4 members (excludes halogenated alkanes) is 2. The number of nitrogens with zero attached hydrogens (tertiary/aromatic N) is 1. The monoisotopic (exact) mass is 262 g/mol. The molecule has 0 amide bonds. The lowest BCUT2D eigenvalue weighted by molar-refractivity contribution is 0.707. The van der Waals surface area contributed by atoms with Crippen molar-refractivity contribution in [1.29, 1.82) is 0 Å². The Morgan fingerprint density at radius 2 is 1.95 bits per heavy atom. The summed E-state index contributed by atoms with van der Waals surface area (Å²) in [5, 5.41) is 3.45. The Morgan fingerprint density at radius 1 is 1.16 bits per heavy atom. The van der Waals surface area contributed by atoms with Gasteiger partial charge in [-0.25, -0.2) is 0 Å². The second-order valence-electron chi connectivity index (χ2n) is 5.32. The molecule has 1 aromatic carbocycles. The number of anilines is 2. The molecule has 1 aliphatic heterocycles. The van der Waals surface area contributed by atoms with Crippen molar-refractivity contribution in [2.24, 2.45) is 11.5 Å². The van der Waals surface area contributed by atoms with Crippen LogP contribution in [0.3, 0.4) is 0 Å². The van der Waals surface area contributed by atoms with Gasteiger partial charge in [0.15, 0.2) is 0 Å². The van der Waals surface area contributed by atoms with Gasteiger partial charge in [0.05, 0.1) is 0 Å². The van der Waals surface area contributed by atoms with Crippen LogP contribution in [0.15, 0.2) is 24.3 Å². The van der Waals surface area contributed by atoms with Gasteiger partial charge in [-0.15, -0.1) is 0 Å². The van der Waals surface area contributed by atoms with E-state index >= 15 is 0 Å². The van der Waals surface area contributed by atoms with Gasteiger partial charge in [-0.3, -0.25) is 0 Å². The minimum absolute atomic E-state index is 0.334. The van der Waals surface area contributed by atoms with E-state index in [0.29, 0.717) is 6.04 Å². The summed E-state index contributed by atoms with van der Waals surface area (Å²) in [6, 6.07) is 9.01. The van der Waals surface area contributed by atoms with Gasteiger partial charge >= 0.3 is 0 Å². The molecule has 106 valence electrons. The number of nitrogens with two attached hydrogens (primary N) is 2. The molecule has 0 radical (unpaired) electrons. The number of hydrogen-bond donors (Lipinski definition) is 3. The van der Waals surface area contributed by atoms with Crippen LogP contribution in [-0.4, -0.2) is 32.2 Å². The molecule has 1 fully saturated rings. The molecule has 4 nitrogen and oxygen atoms in total. The van der Waals surface area contributed by atoms with Crippen LogP contribution in [-0.2, 0) is 0 Å². The highest BCUT2D eigenvalue weighted by molar-refractivity contribution is 5.55. The number of rotatable bonds is 7. The van der Waals surface area contributed by atoms with Gasteiger partial charge in [0, 0.05) is 37.1 Å². The summed E-state index contributed by atoms with van der Waals surface area (Å²) in [7, 11) is 0. The van der Waals surface area contributed by atoms with Crippen molar-refractivity contribution in [1.82, 2.24) is 0 Å². The molecular formula is C15H26N4. The van der Waals surface area contributed by atoms with E-state index < -0.39 is 0 Å². The van der Waals surface area contributed by atoms with Crippen molar-refractivity contribution in [2.45, 2.75) is 31.7 Å². The van der Waals surface area contributed by atoms with Gasteiger partial charge in [-0.2, -0.15) is 0 Å². The fraction of sp³-hybridized carbons (Fsp3) is 0.600. The Kier molecular flexibility index (Phi) is 5.48. The Hall–Kier alpha value is -1.26. The number of benzene rings is 1. The summed E-state index contributed by atoms with van der Waals surface area (Å²) in [6.45, 7) is 3.87. The zero-order valence-corrected chi connectivity index (χ0v) is 11.6. The largest absolute Gasteiger partial charge is 0.385 e. The highest BCUT2D eigenvalue weighted by Crippen LogP contribution is 2.21. The Bertz CT molecular complexity index is 363. The second kappa shape index (κ2) is 7.36. The van der Waals surface area contributed by atoms with Crippen LogP contribution in [0.1, 0.15) is 25.7 Å². The van der Waals surface area contributed by atoms with Gasteiger partial charge < -0.3 is 21.7 Å². The van der Waals surface area contributed by atoms with Crippen LogP contribution >= 0.6 is 0 Å². The van der Waals surface area contributed by atoms with E-state index in [2.05, 4.69) is 34.5 Å². The number of nitrogens with one attached hydrogen (secondary N) is 1. The predicted molar refractivity (Wildman–Crippen MR) is 82.6 cm³/mol. The molecular weight excluding hydrogens is 236 g/mol. The molecule has 0 spiro atoms. The summed E-state index contributed by atoms with van der Waals surface area (Å²) < 4.78 is 0. The van der Waals surface area contributed by atoms with Crippen molar-refractivity contribution < 1.29 is 0 Å². The fourth-order valence-electron chi connectivity index (χ4n) is 2.49. The molecule has 1 heterocycles. The zero-order chi connectivity index (χ0) is 13.5. The number of hydrogen-bond acceptors (Lipinski definition) is 4. The maximum Gasteiger partial charge on any atom is 0.0368 e. The fourth-order valence-corrected chi connectivity index (χ4v) is 2.49. The first kappa shape index (κ1) is 14.2. The smallest absolute Gasteiger partial charge is 0.0368 e. The molecule has 0 saturated carbocycles. The molecule has 19 heavy (non-hydrogen) atoms. The van der Waals surface area contributed by atoms with Crippen molar-refractivity contribution in [3.63, 3.8) is 0 Å². The van der Waals surface area contributed by atoms with Crippen LogP contribution in [0.5, 0.6) is 0 Å². The van der Waals surface area contributed by atoms with Crippen LogP contribution in [0.25, 0.3) is 0 Å². The first-order valence-electron chi connectivity index (χ1n) is 7.34. The first-order valence-corrected chi connectivity index (χ1v) is 7.34. The second-order valence-corrected chi connectivity index (χ2v) is 5.32. The minimum atomic E-state index is 0.334. The molecule has 0 bridgehead atoms. The molecule has 0 aliphatic carbocycles. The van der Waals surface area contributed by atoms with Gasteiger partial charge in [-0.1, -0.05) is 6.42 Å². The van der Waals surface area contributed by atoms with Crippen LogP contribution in [0.2, 0.25) is 0 Å². The molecule has 0 aromatic heterocycles. The lowest BCUT2D eigenvalue weighted by atomic mass is 10.2. The van der Waals surface area contributed by atoms with Gasteiger partial charge in [0.25, 0.3) is 0 Å². The first-order chi connectivity index (χ1) is 9.29. The van der Waals surface area contributed by atoms with E-state index in [9.17, 15) is 0 Å². The third-order valence-corrected chi connectivity index (χ3v) is 3.67. The van der Waals surface area contributed by atoms with E-state index in [0.717, 1.165) is 39.0 Å². The summed E-state index contributed by atoms with van der Waals surface area (Å²) in [6.07, 6.45) is 4.60. The summed E-state index contributed by atoms with van der Waals surface area (Å²) in [5.41, 5.74) is 13.9. The SMILES string of the molecule is NCCCCCNc1ccc(N2CCC(N)C2)cc1. The van der Waals surface area contributed by atoms with Crippen molar-refractivity contribution in [2.75, 3.05) is 36.4 Å². The van der Waals surface area contributed by atoms with Crippen molar-refractivity contribution >= 4 is 11.4 Å². The van der Waals surface area contributed by atoms with E-state index in [4.69, 9.17) is 11.5 Å². The molecule has 4 heteroatoms. The van der Waals surface area contributed by atoms with E-state index in [1.54, 1.807) is 0 Å². The molecule has 1 atom stereocenters. The van der Waals surface area contributed by atoms with E-state index in [1.807, 2.05) is 0 Å². The lowest BCUT2D eigenvalue weighted by Crippen LogP contribution is -2.26. The minimum Gasteiger partial charge on any atom is -0.385 e. The molecule has 1 aliphatic rings. The third kappa shape index (κ3) is 4.40. The maximum atomic E-state index is 5.94. The van der Waals surface area contributed by atoms with Crippen LogP contribution in [0, 0.1) is 0 Å². The van der Waals surface area contributed by atoms with Crippen molar-refractivity contribution in [3.8, 4) is 0 Å². The Morgan fingerprint density at radius 3 is 2.58 bits per heavy atom. The standard InChI is InChI=1S/C15H26N4/c16-9-2-1-3-10-18-14-4-6-15(7-5-14)19-11-8-13(17)12-19/h4-7,13,18H,1-3,8-12,16-17H2. The van der Waals surface area contributed by atoms with Crippen LogP contribution < -0.4 is 21.7 Å². The summed E-state index contributed by atoms with van der Waals surface area (Å²) >= 11 is 0. The van der Waals surface area contributed by atoms with Gasteiger partial charge in [0.1, 0.15) is 0 Å². The summed E-state index contributed by atoms with van der Waals surface area (Å²) in [5.74, 6) is 0. The van der Waals surface area contributed by atoms with E-state index in [-0.39, 0.29) is 0 Å². The molecule has 5 N–H and O–H groups in total. The molecule has 1 unspecified atom stereocenters. The van der Waals surface area contributed by atoms with Gasteiger partial charge in [0.2, 0.25) is 0 Å². The quantitative estimate of drug-likeness (QED) is 0.655. The highest BCUT2D eigenvalue weighted by Gasteiger charge is 2.18. The molecule has 1 aromatic rings. The maximum absolute atomic E-state index is 5.94. The average Bonchev–Trinajstić information content (AvgIpc) is 2.86.